The number of anilines is 1. The molecule has 4 nitrogen and oxygen atoms in total. The number of alkyl halides is 3. The van der Waals surface area contributed by atoms with Crippen LogP contribution in [0.15, 0.2) is 24.3 Å². The highest BCUT2D eigenvalue weighted by Crippen LogP contribution is 2.34. The number of aromatic carboxylic acids is 1. The monoisotopic (exact) mass is 288 g/mol. The van der Waals surface area contributed by atoms with Crippen LogP contribution < -0.4 is 5.73 Å². The van der Waals surface area contributed by atoms with Crippen molar-refractivity contribution < 1.29 is 23.1 Å². The fourth-order valence-corrected chi connectivity index (χ4v) is 2.21. The van der Waals surface area contributed by atoms with Crippen LogP contribution in [0.25, 0.3) is 11.3 Å². The van der Waals surface area contributed by atoms with Gasteiger partial charge in [-0.15, -0.1) is 0 Å². The Morgan fingerprint density at radius 2 is 2.05 bits per heavy atom. The van der Waals surface area contributed by atoms with Crippen LogP contribution in [-0.2, 0) is 6.18 Å². The molecule has 2 rings (SSSR count). The van der Waals surface area contributed by atoms with Gasteiger partial charge in [0.25, 0.3) is 0 Å². The molecule has 0 bridgehead atoms. The third-order valence-corrected chi connectivity index (χ3v) is 3.17. The predicted octanol–water partition coefficient (Wildman–Crippen LogP) is 3.11. The van der Waals surface area contributed by atoms with Gasteiger partial charge in [-0.25, -0.2) is 9.78 Å². The first-order chi connectivity index (χ1) is 8.79. The third-order valence-electron chi connectivity index (χ3n) is 2.30. The molecule has 1 heterocycles. The van der Waals surface area contributed by atoms with Crippen molar-refractivity contribution in [3.05, 3.63) is 34.7 Å². The van der Waals surface area contributed by atoms with Gasteiger partial charge in [-0.3, -0.25) is 0 Å². The van der Waals surface area contributed by atoms with E-state index in [-0.39, 0.29) is 21.3 Å². The van der Waals surface area contributed by atoms with Crippen molar-refractivity contribution in [3.8, 4) is 11.3 Å². The van der Waals surface area contributed by atoms with Crippen molar-refractivity contribution in [2.45, 2.75) is 6.18 Å². The molecule has 0 spiro atoms. The molecule has 0 aliphatic carbocycles. The van der Waals surface area contributed by atoms with E-state index in [1.165, 1.54) is 12.1 Å². The molecule has 0 saturated carbocycles. The average Bonchev–Trinajstić information content (AvgIpc) is 2.71. The van der Waals surface area contributed by atoms with E-state index in [1.807, 2.05) is 0 Å². The minimum absolute atomic E-state index is 0.00943. The number of nitrogen functional groups attached to an aromatic ring is 1. The van der Waals surface area contributed by atoms with Crippen LogP contribution in [0.1, 0.15) is 15.2 Å². The number of aromatic nitrogens is 1. The van der Waals surface area contributed by atoms with E-state index in [1.54, 1.807) is 0 Å². The number of hydrogen-bond donors (Lipinski definition) is 2. The summed E-state index contributed by atoms with van der Waals surface area (Å²) in [7, 11) is 0. The Morgan fingerprint density at radius 1 is 1.37 bits per heavy atom. The Balaban J connectivity index is 2.57. The molecule has 19 heavy (non-hydrogen) atoms. The zero-order valence-corrected chi connectivity index (χ0v) is 10.0. The molecule has 0 saturated heterocycles. The zero-order valence-electron chi connectivity index (χ0n) is 9.23. The molecule has 0 aliphatic rings. The van der Waals surface area contributed by atoms with Crippen molar-refractivity contribution >= 4 is 22.4 Å². The van der Waals surface area contributed by atoms with Crippen LogP contribution in [0.2, 0.25) is 0 Å². The molecule has 0 amide bonds. The maximum absolute atomic E-state index is 12.6. The van der Waals surface area contributed by atoms with Crippen LogP contribution in [-0.4, -0.2) is 16.1 Å². The highest BCUT2D eigenvalue weighted by molar-refractivity contribution is 7.17. The molecule has 0 radical (unpaired) electrons. The summed E-state index contributed by atoms with van der Waals surface area (Å²) in [5, 5.41) is 8.95. The van der Waals surface area contributed by atoms with Gasteiger partial charge in [0, 0.05) is 5.56 Å². The van der Waals surface area contributed by atoms with E-state index in [4.69, 9.17) is 10.8 Å². The van der Waals surface area contributed by atoms with Gasteiger partial charge in [-0.05, 0) is 12.1 Å². The Bertz CT molecular complexity index is 637. The van der Waals surface area contributed by atoms with Gasteiger partial charge in [0.1, 0.15) is 4.88 Å². The number of thiazole rings is 1. The summed E-state index contributed by atoms with van der Waals surface area (Å²) in [4.78, 5) is 14.6. The standard InChI is InChI=1S/C11H7F3N2O2S/c12-11(13,14)6-3-1-2-5(4-6)7-8(9(17)18)19-10(15)16-7/h1-4H,(H2,15,16)(H,17,18). The van der Waals surface area contributed by atoms with Crippen LogP contribution in [0.4, 0.5) is 18.3 Å². The lowest BCUT2D eigenvalue weighted by molar-refractivity contribution is -0.137. The van der Waals surface area contributed by atoms with Crippen LogP contribution >= 0.6 is 11.3 Å². The van der Waals surface area contributed by atoms with E-state index in [0.29, 0.717) is 11.3 Å². The fraction of sp³-hybridized carbons (Fsp3) is 0.0909. The highest BCUT2D eigenvalue weighted by atomic mass is 32.1. The maximum atomic E-state index is 12.6. The smallest absolute Gasteiger partial charge is 0.416 e. The molecule has 1 aromatic heterocycles. The number of nitrogens with two attached hydrogens (primary N) is 1. The SMILES string of the molecule is Nc1nc(-c2cccc(C(F)(F)F)c2)c(C(=O)O)s1. The number of benzene rings is 1. The Hall–Kier alpha value is -2.09. The van der Waals surface area contributed by atoms with Crippen molar-refractivity contribution in [2.24, 2.45) is 0 Å². The van der Waals surface area contributed by atoms with Crippen LogP contribution in [0.5, 0.6) is 0 Å². The fourth-order valence-electron chi connectivity index (χ4n) is 1.52. The summed E-state index contributed by atoms with van der Waals surface area (Å²) >= 11 is 0.717. The van der Waals surface area contributed by atoms with E-state index in [9.17, 15) is 18.0 Å². The summed E-state index contributed by atoms with van der Waals surface area (Å²) in [6, 6.07) is 4.30. The number of halogens is 3. The molecule has 0 unspecified atom stereocenters. The second-order valence-electron chi connectivity index (χ2n) is 3.61. The highest BCUT2D eigenvalue weighted by Gasteiger charge is 2.31. The Kier molecular flexibility index (Phi) is 3.19. The normalized spacial score (nSPS) is 11.5. The van der Waals surface area contributed by atoms with Gasteiger partial charge < -0.3 is 10.8 Å². The number of carboxylic acid groups (broad SMARTS) is 1. The van der Waals surface area contributed by atoms with E-state index in [0.717, 1.165) is 12.1 Å². The van der Waals surface area contributed by atoms with Gasteiger partial charge in [0.2, 0.25) is 0 Å². The minimum atomic E-state index is -4.50. The first-order valence-corrected chi connectivity index (χ1v) is 5.78. The predicted molar refractivity (Wildman–Crippen MR) is 63.9 cm³/mol. The van der Waals surface area contributed by atoms with Crippen molar-refractivity contribution in [1.29, 1.82) is 0 Å². The molecular weight excluding hydrogens is 281 g/mol. The first-order valence-electron chi connectivity index (χ1n) is 4.96. The van der Waals surface area contributed by atoms with Crippen LogP contribution in [0.3, 0.4) is 0 Å². The second-order valence-corrected chi connectivity index (χ2v) is 4.64. The van der Waals surface area contributed by atoms with E-state index in [2.05, 4.69) is 4.98 Å². The Labute approximate surface area is 109 Å². The average molecular weight is 288 g/mol. The molecule has 2 aromatic rings. The van der Waals surface area contributed by atoms with E-state index >= 15 is 0 Å². The molecule has 3 N–H and O–H groups in total. The first kappa shape index (κ1) is 13.3. The third kappa shape index (κ3) is 2.68. The van der Waals surface area contributed by atoms with Crippen molar-refractivity contribution in [1.82, 2.24) is 4.98 Å². The summed E-state index contributed by atoms with van der Waals surface area (Å²) in [5.74, 6) is -1.28. The molecule has 100 valence electrons. The molecule has 0 aliphatic heterocycles. The van der Waals surface area contributed by atoms with Gasteiger partial charge in [-0.1, -0.05) is 23.5 Å². The zero-order chi connectivity index (χ0) is 14.2. The molecule has 0 atom stereocenters. The quantitative estimate of drug-likeness (QED) is 0.890. The van der Waals surface area contributed by atoms with Gasteiger partial charge >= 0.3 is 12.1 Å². The lowest BCUT2D eigenvalue weighted by Gasteiger charge is -2.07. The van der Waals surface area contributed by atoms with Gasteiger partial charge in [-0.2, -0.15) is 13.2 Å². The summed E-state index contributed by atoms with van der Waals surface area (Å²) in [5.41, 5.74) is 4.55. The van der Waals surface area contributed by atoms with Gasteiger partial charge in [0.05, 0.1) is 11.3 Å². The number of carboxylic acids is 1. The van der Waals surface area contributed by atoms with Gasteiger partial charge in [0.15, 0.2) is 5.13 Å². The molecule has 8 heteroatoms. The lowest BCUT2D eigenvalue weighted by atomic mass is 10.1. The minimum Gasteiger partial charge on any atom is -0.477 e. The summed E-state index contributed by atoms with van der Waals surface area (Å²) in [6.45, 7) is 0. The van der Waals surface area contributed by atoms with Crippen LogP contribution in [0, 0.1) is 0 Å². The molecular formula is C11H7F3N2O2S. The number of carbonyl (C=O) groups is 1. The Morgan fingerprint density at radius 3 is 2.63 bits per heavy atom. The molecule has 0 fully saturated rings. The lowest BCUT2D eigenvalue weighted by Crippen LogP contribution is -2.05. The molecule has 1 aromatic carbocycles. The topological polar surface area (TPSA) is 76.2 Å². The second kappa shape index (κ2) is 4.54. The van der Waals surface area contributed by atoms with E-state index < -0.39 is 17.7 Å². The summed E-state index contributed by atoms with van der Waals surface area (Å²) in [6.07, 6.45) is -4.50. The van der Waals surface area contributed by atoms with Crippen molar-refractivity contribution in [2.75, 3.05) is 5.73 Å². The van der Waals surface area contributed by atoms with Crippen molar-refractivity contribution in [3.63, 3.8) is 0 Å². The summed E-state index contributed by atoms with van der Waals surface area (Å²) < 4.78 is 37.8. The number of nitrogens with zero attached hydrogens (tertiary/aromatic N) is 1. The number of hydrogen-bond acceptors (Lipinski definition) is 4. The maximum Gasteiger partial charge on any atom is 0.416 e. The largest absolute Gasteiger partial charge is 0.477 e. The number of rotatable bonds is 2.